The van der Waals surface area contributed by atoms with Crippen LogP contribution in [-0.4, -0.2) is 10.2 Å². The van der Waals surface area contributed by atoms with Gasteiger partial charge in [0.2, 0.25) is 0 Å². The molecule has 1 heteroatoms. The molecule has 0 unspecified atom stereocenters. The maximum atomic E-state index is 3.29. The van der Waals surface area contributed by atoms with E-state index >= 15 is 0 Å². The lowest BCUT2D eigenvalue weighted by Gasteiger charge is -1.67. The van der Waals surface area contributed by atoms with Gasteiger partial charge < -0.3 is 0 Å². The zero-order chi connectivity index (χ0) is 3.41. The van der Waals surface area contributed by atoms with Gasteiger partial charge in [-0.15, -0.1) is 0 Å². The van der Waals surface area contributed by atoms with Crippen molar-refractivity contribution in [1.29, 1.82) is 0 Å². The van der Waals surface area contributed by atoms with Crippen molar-refractivity contribution in [2.75, 3.05) is 0 Å². The monoisotopic (exact) mass is 71.0 g/mol. The van der Waals surface area contributed by atoms with Crippen LogP contribution in [0.5, 0.6) is 0 Å². The van der Waals surface area contributed by atoms with Crippen LogP contribution in [0.4, 0.5) is 0 Å². The molecule has 0 saturated heterocycles. The Morgan fingerprint density at radius 2 is 2.00 bits per heavy atom. The second-order valence-electron chi connectivity index (χ2n) is 0.750. The van der Waals surface area contributed by atoms with Gasteiger partial charge in [0.25, 0.3) is 0 Å². The molecule has 0 amide bonds. The first-order valence-electron chi connectivity index (χ1n) is 1.56. The fourth-order valence-corrected chi connectivity index (χ4v) is 0. The van der Waals surface area contributed by atoms with Crippen LogP contribution in [-0.2, 0) is 0 Å². The second kappa shape index (κ2) is 3.22. The fourth-order valence-electron chi connectivity index (χ4n) is 0. The van der Waals surface area contributed by atoms with E-state index in [4.69, 9.17) is 0 Å². The van der Waals surface area contributed by atoms with Crippen LogP contribution in [0.25, 0.3) is 0 Å². The van der Waals surface area contributed by atoms with E-state index in [1.165, 1.54) is 6.42 Å². The smallest absolute Gasteiger partial charge is 0.0222 e. The van der Waals surface area contributed by atoms with Gasteiger partial charge in [-0.1, -0.05) is 19.4 Å². The van der Waals surface area contributed by atoms with E-state index in [9.17, 15) is 0 Å². The first-order chi connectivity index (χ1) is 1.91. The Morgan fingerprint density at radius 3 is 2.00 bits per heavy atom. The van der Waals surface area contributed by atoms with E-state index in [-0.39, 0.29) is 0 Å². The van der Waals surface area contributed by atoms with E-state index in [0.717, 1.165) is 6.04 Å². The zero-order valence-corrected chi connectivity index (χ0v) is 3.91. The van der Waals surface area contributed by atoms with Crippen molar-refractivity contribution in [3.05, 3.63) is 0 Å². The predicted molar refractivity (Wildman–Crippen MR) is 20.9 cm³/mol. The number of rotatable bonds is 1. The lowest BCUT2D eigenvalue weighted by atomic mass is 10.6. The molecule has 0 aromatic carbocycles. The highest BCUT2D eigenvalue weighted by molar-refractivity contribution is 6.08. The van der Waals surface area contributed by atoms with Crippen molar-refractivity contribution in [2.45, 2.75) is 19.4 Å². The molecule has 23 valence electrons. The Kier molecular flexibility index (Phi) is 3.39. The summed E-state index contributed by atoms with van der Waals surface area (Å²) in [4.78, 5) is 0. The molecular weight excluding hydrogens is 64.1 g/mol. The summed E-state index contributed by atoms with van der Waals surface area (Å²) in [6.07, 6.45) is 1.23. The van der Waals surface area contributed by atoms with Crippen molar-refractivity contribution < 1.29 is 0 Å². The van der Waals surface area contributed by atoms with Crippen LogP contribution >= 0.6 is 0 Å². The molecule has 0 atom stereocenters. The molecule has 0 spiro atoms. The normalized spacial score (nSPS) is 7.50. The number of hydrogen-bond acceptors (Lipinski definition) is 0. The Hall–Kier alpha value is 0.217. The molecule has 0 saturated carbocycles. The molecule has 0 rings (SSSR count). The highest BCUT2D eigenvalue weighted by Crippen LogP contribution is 1.73. The number of hydrogen-bond donors (Lipinski definition) is 0. The summed E-state index contributed by atoms with van der Waals surface area (Å²) in [6.45, 7) is 2.13. The van der Waals surface area contributed by atoms with Crippen molar-refractivity contribution >= 4 is 10.2 Å². The van der Waals surface area contributed by atoms with Gasteiger partial charge in [0.15, 0.2) is 0 Å². The average molecular weight is 71.2 g/mol. The van der Waals surface area contributed by atoms with E-state index < -0.39 is 0 Å². The van der Waals surface area contributed by atoms with E-state index in [2.05, 4.69) is 17.2 Å². The Labute approximate surface area is 30.6 Å². The van der Waals surface area contributed by atoms with Gasteiger partial charge in [-0.2, -0.15) is 0 Å². The lowest BCUT2D eigenvalue weighted by Crippen LogP contribution is -1.55. The SMILES string of the molecule is CCC[Si]. The minimum absolute atomic E-state index is 1.12. The minimum atomic E-state index is 1.12. The van der Waals surface area contributed by atoms with Crippen LogP contribution in [0.1, 0.15) is 13.3 Å². The summed E-state index contributed by atoms with van der Waals surface area (Å²) in [5.74, 6) is 0. The molecule has 0 aliphatic heterocycles. The highest BCUT2D eigenvalue weighted by Gasteiger charge is 1.57. The third kappa shape index (κ3) is 2.22. The minimum Gasteiger partial charge on any atom is -0.0657 e. The fraction of sp³-hybridized carbons (Fsp3) is 1.00. The van der Waals surface area contributed by atoms with Gasteiger partial charge in [0.05, 0.1) is 0 Å². The highest BCUT2D eigenvalue weighted by atomic mass is 28.1. The van der Waals surface area contributed by atoms with Gasteiger partial charge in [-0.25, -0.2) is 0 Å². The summed E-state index contributed by atoms with van der Waals surface area (Å²) < 4.78 is 0. The van der Waals surface area contributed by atoms with Crippen molar-refractivity contribution in [3.63, 3.8) is 0 Å². The molecule has 4 heavy (non-hydrogen) atoms. The largest absolute Gasteiger partial charge is 0.0657 e. The van der Waals surface area contributed by atoms with E-state index in [1.807, 2.05) is 0 Å². The zero-order valence-electron chi connectivity index (χ0n) is 2.91. The van der Waals surface area contributed by atoms with Gasteiger partial charge >= 0.3 is 0 Å². The third-order valence-corrected chi connectivity index (χ3v) is 0.750. The summed E-state index contributed by atoms with van der Waals surface area (Å²) in [5, 5.41) is 0. The molecule has 0 aliphatic rings. The second-order valence-corrected chi connectivity index (χ2v) is 1.25. The molecule has 0 aromatic heterocycles. The maximum Gasteiger partial charge on any atom is 0.0222 e. The maximum absolute atomic E-state index is 3.29. The summed E-state index contributed by atoms with van der Waals surface area (Å²) in [6, 6.07) is 1.12. The molecule has 0 nitrogen and oxygen atoms in total. The predicted octanol–water partition coefficient (Wildman–Crippen LogP) is 0.983. The van der Waals surface area contributed by atoms with Crippen LogP contribution in [0.2, 0.25) is 6.04 Å². The molecule has 3 radical (unpaired) electrons. The van der Waals surface area contributed by atoms with Crippen LogP contribution < -0.4 is 0 Å². The molecule has 0 N–H and O–H groups in total. The molecule has 0 aliphatic carbocycles. The standard InChI is InChI=1S/C3H7Si/c1-2-3-4/h2-3H2,1H3. The topological polar surface area (TPSA) is 0 Å². The van der Waals surface area contributed by atoms with Crippen LogP contribution in [0.15, 0.2) is 0 Å². The summed E-state index contributed by atoms with van der Waals surface area (Å²) in [5.41, 5.74) is 0. The van der Waals surface area contributed by atoms with Gasteiger partial charge in [0.1, 0.15) is 0 Å². The Balaban J connectivity index is 1.97. The van der Waals surface area contributed by atoms with Crippen LogP contribution in [0.3, 0.4) is 0 Å². The van der Waals surface area contributed by atoms with Gasteiger partial charge in [-0.3, -0.25) is 0 Å². The molecule has 0 bridgehead atoms. The van der Waals surface area contributed by atoms with Crippen molar-refractivity contribution in [2.24, 2.45) is 0 Å². The van der Waals surface area contributed by atoms with Crippen molar-refractivity contribution in [3.8, 4) is 0 Å². The Morgan fingerprint density at radius 1 is 1.75 bits per heavy atom. The van der Waals surface area contributed by atoms with E-state index in [1.54, 1.807) is 0 Å². The quantitative estimate of drug-likeness (QED) is 0.404. The first kappa shape index (κ1) is 4.22. The average Bonchev–Trinajstić information content (AvgIpc) is 1.37. The van der Waals surface area contributed by atoms with Crippen molar-refractivity contribution in [1.82, 2.24) is 0 Å². The van der Waals surface area contributed by atoms with E-state index in [0.29, 0.717) is 0 Å². The van der Waals surface area contributed by atoms with Crippen LogP contribution in [0, 0.1) is 0 Å². The summed E-state index contributed by atoms with van der Waals surface area (Å²) in [7, 11) is 3.29. The first-order valence-corrected chi connectivity index (χ1v) is 2.27. The molecule has 0 aromatic rings. The van der Waals surface area contributed by atoms with Gasteiger partial charge in [0, 0.05) is 10.2 Å². The molecular formula is C3H7Si. The molecule has 0 fully saturated rings. The summed E-state index contributed by atoms with van der Waals surface area (Å²) >= 11 is 0. The van der Waals surface area contributed by atoms with Gasteiger partial charge in [-0.05, 0) is 0 Å². The Bertz CT molecular complexity index is 5.25. The lowest BCUT2D eigenvalue weighted by molar-refractivity contribution is 1.08. The molecule has 0 heterocycles. The third-order valence-electron chi connectivity index (χ3n) is 0.250.